The molecule has 1 amide bonds. The molecule has 0 heterocycles. The lowest BCUT2D eigenvalue weighted by molar-refractivity contribution is -0.119. The predicted octanol–water partition coefficient (Wildman–Crippen LogP) is 2.59. The topological polar surface area (TPSA) is 46.3 Å². The van der Waals surface area contributed by atoms with Crippen LogP contribution in [0, 0.1) is 5.92 Å². The lowest BCUT2D eigenvalue weighted by atomic mass is 9.85. The summed E-state index contributed by atoms with van der Waals surface area (Å²) in [6.07, 6.45) is 3.75. The van der Waals surface area contributed by atoms with E-state index in [1.54, 1.807) is 6.92 Å². The molecule has 3 nitrogen and oxygen atoms in total. The summed E-state index contributed by atoms with van der Waals surface area (Å²) in [5, 5.41) is 0. The second-order valence-corrected chi connectivity index (χ2v) is 4.87. The van der Waals surface area contributed by atoms with Crippen LogP contribution in [0.15, 0.2) is 30.3 Å². The fraction of sp³-hybridized carbons (Fsp3) is 0.500. The summed E-state index contributed by atoms with van der Waals surface area (Å²) in [5.41, 5.74) is 6.68. The molecule has 1 saturated carbocycles. The van der Waals surface area contributed by atoms with Gasteiger partial charge in [-0.05, 0) is 37.8 Å². The fourth-order valence-corrected chi connectivity index (χ4v) is 2.11. The van der Waals surface area contributed by atoms with E-state index in [9.17, 15) is 4.79 Å². The summed E-state index contributed by atoms with van der Waals surface area (Å²) in [7, 11) is 0. The second-order valence-electron chi connectivity index (χ2n) is 4.87. The van der Waals surface area contributed by atoms with Crippen LogP contribution < -0.4 is 10.6 Å². The Labute approximate surface area is 115 Å². The highest BCUT2D eigenvalue weighted by Crippen LogP contribution is 2.29. The minimum Gasteiger partial charge on any atom is -0.320 e. The van der Waals surface area contributed by atoms with Gasteiger partial charge in [0.2, 0.25) is 5.91 Å². The standard InChI is InChI=1S/C14H20N2O.ClH/c1-11(15)14(17)16(10-12-6-5-7-12)13-8-3-2-4-9-13;/h2-4,8-9,11-12H,5-7,10,15H2,1H3;1H/t11-;/m0./s1. The van der Waals surface area contributed by atoms with E-state index in [1.165, 1.54) is 19.3 Å². The number of carbonyl (C=O) groups is 1. The Bertz CT molecular complexity index is 377. The van der Waals surface area contributed by atoms with Gasteiger partial charge in [-0.1, -0.05) is 24.6 Å². The zero-order valence-corrected chi connectivity index (χ0v) is 11.5. The summed E-state index contributed by atoms with van der Waals surface area (Å²) < 4.78 is 0. The number of benzene rings is 1. The van der Waals surface area contributed by atoms with Crippen molar-refractivity contribution in [2.24, 2.45) is 11.7 Å². The third-order valence-electron chi connectivity index (χ3n) is 3.39. The monoisotopic (exact) mass is 268 g/mol. The van der Waals surface area contributed by atoms with E-state index in [-0.39, 0.29) is 18.3 Å². The molecular weight excluding hydrogens is 248 g/mol. The summed E-state index contributed by atoms with van der Waals surface area (Å²) in [5.74, 6) is 0.668. The number of hydrogen-bond donors (Lipinski definition) is 1. The molecule has 2 N–H and O–H groups in total. The summed E-state index contributed by atoms with van der Waals surface area (Å²) in [4.78, 5) is 14.0. The van der Waals surface area contributed by atoms with Gasteiger partial charge in [-0.2, -0.15) is 0 Å². The van der Waals surface area contributed by atoms with E-state index in [4.69, 9.17) is 5.73 Å². The van der Waals surface area contributed by atoms with Gasteiger partial charge >= 0.3 is 0 Å². The molecule has 1 aliphatic carbocycles. The Morgan fingerprint density at radius 2 is 2.00 bits per heavy atom. The lowest BCUT2D eigenvalue weighted by Crippen LogP contribution is -2.45. The summed E-state index contributed by atoms with van der Waals surface area (Å²) >= 11 is 0. The highest BCUT2D eigenvalue weighted by molar-refractivity contribution is 5.96. The van der Waals surface area contributed by atoms with E-state index < -0.39 is 6.04 Å². The first-order chi connectivity index (χ1) is 8.18. The van der Waals surface area contributed by atoms with Crippen LogP contribution in [0.2, 0.25) is 0 Å². The minimum absolute atomic E-state index is 0. The third-order valence-corrected chi connectivity index (χ3v) is 3.39. The minimum atomic E-state index is -0.435. The molecule has 1 aromatic carbocycles. The van der Waals surface area contributed by atoms with Crippen molar-refractivity contribution >= 4 is 24.0 Å². The number of nitrogens with two attached hydrogens (primary N) is 1. The molecule has 1 aliphatic rings. The van der Waals surface area contributed by atoms with Crippen molar-refractivity contribution in [1.29, 1.82) is 0 Å². The first-order valence-corrected chi connectivity index (χ1v) is 6.30. The van der Waals surface area contributed by atoms with E-state index in [0.29, 0.717) is 5.92 Å². The molecule has 1 aromatic rings. The van der Waals surface area contributed by atoms with Gasteiger partial charge in [0.25, 0.3) is 0 Å². The van der Waals surface area contributed by atoms with Gasteiger partial charge in [0.1, 0.15) is 0 Å². The Morgan fingerprint density at radius 1 is 1.39 bits per heavy atom. The Balaban J connectivity index is 0.00000162. The summed E-state index contributed by atoms with van der Waals surface area (Å²) in [6.45, 7) is 2.56. The summed E-state index contributed by atoms with van der Waals surface area (Å²) in [6, 6.07) is 9.38. The van der Waals surface area contributed by atoms with Crippen molar-refractivity contribution in [2.45, 2.75) is 32.2 Å². The number of amides is 1. The molecule has 0 spiro atoms. The molecule has 0 saturated heterocycles. The molecule has 0 aliphatic heterocycles. The molecular formula is C14H21ClN2O. The van der Waals surface area contributed by atoms with Crippen molar-refractivity contribution in [3.8, 4) is 0 Å². The first kappa shape index (κ1) is 15.0. The number of halogens is 1. The Kier molecular flexibility index (Phi) is 5.63. The van der Waals surface area contributed by atoms with Crippen LogP contribution in [0.4, 0.5) is 5.69 Å². The third kappa shape index (κ3) is 3.47. The smallest absolute Gasteiger partial charge is 0.243 e. The van der Waals surface area contributed by atoms with Gasteiger partial charge in [0.15, 0.2) is 0 Å². The molecule has 0 bridgehead atoms. The maximum absolute atomic E-state index is 12.1. The van der Waals surface area contributed by atoms with Gasteiger partial charge in [0.05, 0.1) is 6.04 Å². The average Bonchev–Trinajstić information content (AvgIpc) is 2.28. The molecule has 4 heteroatoms. The quantitative estimate of drug-likeness (QED) is 0.912. The molecule has 18 heavy (non-hydrogen) atoms. The molecule has 0 aromatic heterocycles. The molecule has 1 fully saturated rings. The van der Waals surface area contributed by atoms with Gasteiger partial charge in [0, 0.05) is 12.2 Å². The molecule has 1 atom stereocenters. The van der Waals surface area contributed by atoms with Crippen LogP contribution in [0.3, 0.4) is 0 Å². The second kappa shape index (κ2) is 6.76. The largest absolute Gasteiger partial charge is 0.320 e. The Morgan fingerprint density at radius 3 is 2.44 bits per heavy atom. The van der Waals surface area contributed by atoms with Gasteiger partial charge in [-0.25, -0.2) is 0 Å². The van der Waals surface area contributed by atoms with Crippen LogP contribution in [-0.2, 0) is 4.79 Å². The zero-order chi connectivity index (χ0) is 12.3. The number of hydrogen-bond acceptors (Lipinski definition) is 2. The van der Waals surface area contributed by atoms with Crippen LogP contribution in [-0.4, -0.2) is 18.5 Å². The van der Waals surface area contributed by atoms with Crippen LogP contribution in [0.1, 0.15) is 26.2 Å². The van der Waals surface area contributed by atoms with E-state index >= 15 is 0 Å². The predicted molar refractivity (Wildman–Crippen MR) is 77.0 cm³/mol. The molecule has 0 radical (unpaired) electrons. The highest BCUT2D eigenvalue weighted by Gasteiger charge is 2.25. The number of rotatable bonds is 4. The van der Waals surface area contributed by atoms with Crippen LogP contribution in [0.25, 0.3) is 0 Å². The van der Waals surface area contributed by atoms with Crippen molar-refractivity contribution in [3.63, 3.8) is 0 Å². The maximum Gasteiger partial charge on any atom is 0.243 e. The average molecular weight is 269 g/mol. The van der Waals surface area contributed by atoms with Gasteiger partial charge < -0.3 is 10.6 Å². The lowest BCUT2D eigenvalue weighted by Gasteiger charge is -2.33. The number of nitrogens with zero attached hydrogens (tertiary/aromatic N) is 1. The fourth-order valence-electron chi connectivity index (χ4n) is 2.11. The normalized spacial score (nSPS) is 16.3. The SMILES string of the molecule is C[C@H](N)C(=O)N(CC1CCC1)c1ccccc1.Cl. The molecule has 2 rings (SSSR count). The van der Waals surface area contributed by atoms with Crippen molar-refractivity contribution in [2.75, 3.05) is 11.4 Å². The van der Waals surface area contributed by atoms with Crippen LogP contribution >= 0.6 is 12.4 Å². The number of anilines is 1. The number of para-hydroxylation sites is 1. The maximum atomic E-state index is 12.1. The van der Waals surface area contributed by atoms with Crippen molar-refractivity contribution in [3.05, 3.63) is 30.3 Å². The number of carbonyl (C=O) groups excluding carboxylic acids is 1. The Hall–Kier alpha value is -1.06. The van der Waals surface area contributed by atoms with E-state index in [0.717, 1.165) is 12.2 Å². The van der Waals surface area contributed by atoms with Crippen LogP contribution in [0.5, 0.6) is 0 Å². The zero-order valence-electron chi connectivity index (χ0n) is 10.7. The van der Waals surface area contributed by atoms with Crippen molar-refractivity contribution in [1.82, 2.24) is 0 Å². The highest BCUT2D eigenvalue weighted by atomic mass is 35.5. The van der Waals surface area contributed by atoms with Gasteiger partial charge in [-0.3, -0.25) is 4.79 Å². The molecule has 0 unspecified atom stereocenters. The first-order valence-electron chi connectivity index (χ1n) is 6.30. The van der Waals surface area contributed by atoms with Crippen molar-refractivity contribution < 1.29 is 4.79 Å². The van der Waals surface area contributed by atoms with E-state index in [2.05, 4.69) is 0 Å². The van der Waals surface area contributed by atoms with E-state index in [1.807, 2.05) is 35.2 Å². The van der Waals surface area contributed by atoms with Gasteiger partial charge in [-0.15, -0.1) is 12.4 Å². The molecule has 100 valence electrons.